The monoisotopic (exact) mass is 347 g/mol. The molecule has 94 valence electrons. The Hall–Kier alpha value is -0.980. The van der Waals surface area contributed by atoms with Gasteiger partial charge in [0.2, 0.25) is 5.91 Å². The van der Waals surface area contributed by atoms with Crippen LogP contribution in [0.5, 0.6) is 0 Å². The quantitative estimate of drug-likeness (QED) is 0.546. The molecule has 4 nitrogen and oxygen atoms in total. The molecule has 0 bridgehead atoms. The van der Waals surface area contributed by atoms with E-state index in [1.54, 1.807) is 0 Å². The van der Waals surface area contributed by atoms with E-state index in [0.717, 1.165) is 27.9 Å². The molecule has 0 aliphatic rings. The van der Waals surface area contributed by atoms with Crippen LogP contribution < -0.4 is 16.4 Å². The highest BCUT2D eigenvalue weighted by molar-refractivity contribution is 14.1. The van der Waals surface area contributed by atoms with Crippen LogP contribution in [0.1, 0.15) is 19.8 Å². The van der Waals surface area contributed by atoms with Crippen LogP contribution in [0.2, 0.25) is 0 Å². The van der Waals surface area contributed by atoms with Crippen LogP contribution in [-0.2, 0) is 4.79 Å². The van der Waals surface area contributed by atoms with Crippen molar-refractivity contribution in [2.24, 2.45) is 0 Å². The van der Waals surface area contributed by atoms with E-state index in [9.17, 15) is 4.79 Å². The Balaban J connectivity index is 2.33. The molecule has 0 aliphatic carbocycles. The summed E-state index contributed by atoms with van der Waals surface area (Å²) in [5, 5.41) is 6.07. The van der Waals surface area contributed by atoms with E-state index in [2.05, 4.69) is 33.2 Å². The number of benzene rings is 1. The zero-order valence-electron chi connectivity index (χ0n) is 9.92. The molecular weight excluding hydrogens is 329 g/mol. The number of nitrogens with one attached hydrogen (secondary N) is 2. The first-order chi connectivity index (χ1) is 8.13. The third-order valence-electron chi connectivity index (χ3n) is 2.23. The third-order valence-corrected chi connectivity index (χ3v) is 3.13. The largest absolute Gasteiger partial charge is 0.399 e. The van der Waals surface area contributed by atoms with Gasteiger partial charge in [-0.3, -0.25) is 4.79 Å². The molecule has 0 fully saturated rings. The minimum Gasteiger partial charge on any atom is -0.399 e. The Bertz CT molecular complexity index is 382. The van der Waals surface area contributed by atoms with Gasteiger partial charge >= 0.3 is 0 Å². The van der Waals surface area contributed by atoms with Gasteiger partial charge in [0.15, 0.2) is 0 Å². The second kappa shape index (κ2) is 7.37. The molecule has 0 radical (unpaired) electrons. The molecule has 1 amide bonds. The lowest BCUT2D eigenvalue weighted by Gasteiger charge is -2.09. The van der Waals surface area contributed by atoms with Crippen molar-refractivity contribution in [2.45, 2.75) is 19.8 Å². The van der Waals surface area contributed by atoms with Gasteiger partial charge in [-0.05, 0) is 47.2 Å². The van der Waals surface area contributed by atoms with Crippen LogP contribution in [0.15, 0.2) is 18.2 Å². The Kier molecular flexibility index (Phi) is 6.10. The van der Waals surface area contributed by atoms with Crippen molar-refractivity contribution in [1.82, 2.24) is 5.32 Å². The minimum absolute atomic E-state index is 0.0878. The first-order valence-electron chi connectivity index (χ1n) is 5.69. The lowest BCUT2D eigenvalue weighted by atomic mass is 10.3. The Morgan fingerprint density at radius 3 is 2.82 bits per heavy atom. The molecular formula is C12H18IN3O. The first kappa shape index (κ1) is 14.1. The summed E-state index contributed by atoms with van der Waals surface area (Å²) in [4.78, 5) is 11.4. The fourth-order valence-corrected chi connectivity index (χ4v) is 2.07. The lowest BCUT2D eigenvalue weighted by molar-refractivity contribution is -0.120. The van der Waals surface area contributed by atoms with Crippen LogP contribution >= 0.6 is 22.6 Å². The van der Waals surface area contributed by atoms with E-state index in [1.165, 1.54) is 0 Å². The predicted octanol–water partition coefficient (Wildman–Crippen LogP) is 2.20. The molecule has 0 aliphatic heterocycles. The highest BCUT2D eigenvalue weighted by atomic mass is 127. The maximum atomic E-state index is 11.4. The van der Waals surface area contributed by atoms with Crippen molar-refractivity contribution in [3.05, 3.63) is 21.8 Å². The fraction of sp³-hybridized carbons (Fsp3) is 0.417. The fourth-order valence-electron chi connectivity index (χ4n) is 1.34. The molecule has 0 unspecified atom stereocenters. The smallest absolute Gasteiger partial charge is 0.221 e. The van der Waals surface area contributed by atoms with Crippen molar-refractivity contribution >= 4 is 39.9 Å². The van der Waals surface area contributed by atoms with E-state index in [4.69, 9.17) is 5.73 Å². The zero-order chi connectivity index (χ0) is 12.7. The first-order valence-corrected chi connectivity index (χ1v) is 6.77. The van der Waals surface area contributed by atoms with E-state index >= 15 is 0 Å². The number of amides is 1. The number of hydrogen-bond donors (Lipinski definition) is 3. The number of nitrogens with two attached hydrogens (primary N) is 1. The summed E-state index contributed by atoms with van der Waals surface area (Å²) in [6, 6.07) is 5.68. The number of carbonyl (C=O) groups excluding carboxylic acids is 1. The number of halogens is 1. The molecule has 17 heavy (non-hydrogen) atoms. The predicted molar refractivity (Wildman–Crippen MR) is 80.0 cm³/mol. The number of anilines is 2. The van der Waals surface area contributed by atoms with Crippen LogP contribution in [0.4, 0.5) is 11.4 Å². The molecule has 0 heterocycles. The van der Waals surface area contributed by atoms with Crippen molar-refractivity contribution in [3.63, 3.8) is 0 Å². The Morgan fingerprint density at radius 2 is 2.18 bits per heavy atom. The highest BCUT2D eigenvalue weighted by Gasteiger charge is 2.02. The molecule has 0 spiro atoms. The summed E-state index contributed by atoms with van der Waals surface area (Å²) in [6.45, 7) is 3.42. The average Bonchev–Trinajstić information content (AvgIpc) is 2.29. The van der Waals surface area contributed by atoms with Crippen molar-refractivity contribution in [2.75, 3.05) is 24.1 Å². The van der Waals surface area contributed by atoms with Crippen molar-refractivity contribution in [1.29, 1.82) is 0 Å². The second-order valence-corrected chi connectivity index (χ2v) is 4.93. The summed E-state index contributed by atoms with van der Waals surface area (Å²) in [5.74, 6) is 0.0878. The molecule has 1 aromatic rings. The molecule has 1 aromatic carbocycles. The van der Waals surface area contributed by atoms with Gasteiger partial charge in [0.25, 0.3) is 0 Å². The van der Waals surface area contributed by atoms with E-state index in [-0.39, 0.29) is 5.91 Å². The Morgan fingerprint density at radius 1 is 1.41 bits per heavy atom. The number of hydrogen-bond acceptors (Lipinski definition) is 3. The summed E-state index contributed by atoms with van der Waals surface area (Å²) in [5.41, 5.74) is 7.43. The lowest BCUT2D eigenvalue weighted by Crippen LogP contribution is -2.25. The number of nitrogen functional groups attached to an aromatic ring is 1. The SMILES string of the molecule is CCCNC(=O)CCNc1ccc(N)cc1I. The second-order valence-electron chi connectivity index (χ2n) is 3.77. The van der Waals surface area contributed by atoms with Crippen LogP contribution in [0, 0.1) is 3.57 Å². The van der Waals surface area contributed by atoms with E-state index in [0.29, 0.717) is 13.0 Å². The van der Waals surface area contributed by atoms with Crippen LogP contribution in [0.25, 0.3) is 0 Å². The summed E-state index contributed by atoms with van der Waals surface area (Å²) >= 11 is 2.22. The van der Waals surface area contributed by atoms with Gasteiger partial charge in [0.05, 0.1) is 0 Å². The number of rotatable bonds is 6. The molecule has 0 saturated carbocycles. The molecule has 0 atom stereocenters. The van der Waals surface area contributed by atoms with Crippen molar-refractivity contribution < 1.29 is 4.79 Å². The molecule has 0 aromatic heterocycles. The normalized spacial score (nSPS) is 10.0. The van der Waals surface area contributed by atoms with E-state index < -0.39 is 0 Å². The van der Waals surface area contributed by atoms with Gasteiger partial charge in [-0.25, -0.2) is 0 Å². The Labute approximate surface area is 115 Å². The molecule has 0 saturated heterocycles. The van der Waals surface area contributed by atoms with E-state index in [1.807, 2.05) is 25.1 Å². The molecule has 5 heteroatoms. The molecule has 4 N–H and O–H groups in total. The standard InChI is InChI=1S/C12H18IN3O/c1-2-6-16-12(17)5-7-15-11-4-3-9(14)8-10(11)13/h3-4,8,15H,2,5-7,14H2,1H3,(H,16,17). The zero-order valence-corrected chi connectivity index (χ0v) is 12.1. The van der Waals surface area contributed by atoms with Gasteiger partial charge in [-0.1, -0.05) is 6.92 Å². The van der Waals surface area contributed by atoms with Gasteiger partial charge in [0, 0.05) is 34.5 Å². The summed E-state index contributed by atoms with van der Waals surface area (Å²) in [6.07, 6.45) is 1.45. The summed E-state index contributed by atoms with van der Waals surface area (Å²) < 4.78 is 1.07. The van der Waals surface area contributed by atoms with Crippen LogP contribution in [-0.4, -0.2) is 19.0 Å². The third kappa shape index (κ3) is 5.25. The maximum Gasteiger partial charge on any atom is 0.221 e. The highest BCUT2D eigenvalue weighted by Crippen LogP contribution is 2.20. The van der Waals surface area contributed by atoms with Crippen molar-refractivity contribution in [3.8, 4) is 0 Å². The minimum atomic E-state index is 0.0878. The maximum absolute atomic E-state index is 11.4. The van der Waals surface area contributed by atoms with Gasteiger partial charge in [-0.15, -0.1) is 0 Å². The van der Waals surface area contributed by atoms with Crippen LogP contribution in [0.3, 0.4) is 0 Å². The van der Waals surface area contributed by atoms with Gasteiger partial charge < -0.3 is 16.4 Å². The molecule has 1 rings (SSSR count). The summed E-state index contributed by atoms with van der Waals surface area (Å²) in [7, 11) is 0. The van der Waals surface area contributed by atoms with Gasteiger partial charge in [-0.2, -0.15) is 0 Å². The van der Waals surface area contributed by atoms with Gasteiger partial charge in [0.1, 0.15) is 0 Å². The number of carbonyl (C=O) groups is 1. The topological polar surface area (TPSA) is 67.2 Å². The average molecular weight is 347 g/mol.